The minimum Gasteiger partial charge on any atom is -0.350 e. The molecule has 0 aliphatic carbocycles. The third-order valence-electron chi connectivity index (χ3n) is 2.92. The van der Waals surface area contributed by atoms with E-state index in [4.69, 9.17) is 0 Å². The normalized spacial score (nSPS) is 15.1. The maximum Gasteiger partial charge on any atom is 0.267 e. The molecule has 1 aliphatic heterocycles. The minimum atomic E-state index is -0.352. The Kier molecular flexibility index (Phi) is 4.60. The number of thioether (sulfide) groups is 1. The number of hydrogen-bond donors (Lipinski definition) is 2. The molecule has 1 amide bonds. The summed E-state index contributed by atoms with van der Waals surface area (Å²) in [6.07, 6.45) is 1.37. The second-order valence-corrected chi connectivity index (χ2v) is 5.49. The predicted octanol–water partition coefficient (Wildman–Crippen LogP) is 0.0768. The van der Waals surface area contributed by atoms with E-state index in [-0.39, 0.29) is 23.1 Å². The summed E-state index contributed by atoms with van der Waals surface area (Å²) in [5, 5.41) is 6.64. The lowest BCUT2D eigenvalue weighted by atomic mass is 10.3. The van der Waals surface area contributed by atoms with E-state index in [0.717, 1.165) is 12.3 Å². The molecule has 0 bridgehead atoms. The molecule has 2 N–H and O–H groups in total. The van der Waals surface area contributed by atoms with Crippen LogP contribution in [0.4, 0.5) is 0 Å². The van der Waals surface area contributed by atoms with Gasteiger partial charge in [-0.15, -0.1) is 0 Å². The lowest BCUT2D eigenvalue weighted by Crippen LogP contribution is -2.41. The Labute approximate surface area is 116 Å². The second kappa shape index (κ2) is 6.21. The fraction of sp³-hybridized carbons (Fsp3) is 0.583. The maximum absolute atomic E-state index is 12.1. The SMILES string of the molecule is CCN[C@H](C)CNC(=O)c1cnc2n(c1=O)CCS2. The van der Waals surface area contributed by atoms with Crippen LogP contribution in [0.3, 0.4) is 0 Å². The standard InChI is InChI=1S/C12H18N4O2S/c1-3-13-8(2)6-14-10(17)9-7-15-12-16(11(9)18)4-5-19-12/h7-8,13H,3-6H2,1-2H3,(H,14,17)/t8-/m1/s1. The summed E-state index contributed by atoms with van der Waals surface area (Å²) in [4.78, 5) is 28.2. The van der Waals surface area contributed by atoms with Gasteiger partial charge in [0.05, 0.1) is 0 Å². The number of amides is 1. The first-order valence-corrected chi connectivity index (χ1v) is 7.36. The molecule has 0 fully saturated rings. The van der Waals surface area contributed by atoms with Gasteiger partial charge < -0.3 is 10.6 Å². The van der Waals surface area contributed by atoms with Crippen LogP contribution in [-0.4, -0.2) is 40.3 Å². The van der Waals surface area contributed by atoms with Crippen molar-refractivity contribution in [3.05, 3.63) is 22.1 Å². The van der Waals surface area contributed by atoms with Crippen molar-refractivity contribution in [3.63, 3.8) is 0 Å². The Morgan fingerprint density at radius 1 is 1.63 bits per heavy atom. The van der Waals surface area contributed by atoms with Gasteiger partial charge in [0, 0.05) is 31.1 Å². The van der Waals surface area contributed by atoms with Crippen molar-refractivity contribution in [2.24, 2.45) is 0 Å². The third kappa shape index (κ3) is 3.16. The highest BCUT2D eigenvalue weighted by molar-refractivity contribution is 7.99. The van der Waals surface area contributed by atoms with Crippen LogP contribution < -0.4 is 16.2 Å². The van der Waals surface area contributed by atoms with Crippen LogP contribution in [-0.2, 0) is 6.54 Å². The van der Waals surface area contributed by atoms with Gasteiger partial charge in [0.15, 0.2) is 5.16 Å². The fourth-order valence-electron chi connectivity index (χ4n) is 1.93. The van der Waals surface area contributed by atoms with Gasteiger partial charge >= 0.3 is 0 Å². The summed E-state index contributed by atoms with van der Waals surface area (Å²) in [6.45, 7) is 5.95. The Morgan fingerprint density at radius 2 is 2.42 bits per heavy atom. The van der Waals surface area contributed by atoms with Crippen LogP contribution in [0.5, 0.6) is 0 Å². The highest BCUT2D eigenvalue weighted by Gasteiger charge is 2.19. The zero-order valence-corrected chi connectivity index (χ0v) is 11.9. The molecule has 0 radical (unpaired) electrons. The second-order valence-electron chi connectivity index (χ2n) is 4.43. The van der Waals surface area contributed by atoms with E-state index in [1.807, 2.05) is 13.8 Å². The van der Waals surface area contributed by atoms with Crippen molar-refractivity contribution in [2.75, 3.05) is 18.8 Å². The van der Waals surface area contributed by atoms with E-state index in [1.165, 1.54) is 18.0 Å². The molecule has 104 valence electrons. The van der Waals surface area contributed by atoms with Gasteiger partial charge in [-0.05, 0) is 13.5 Å². The van der Waals surface area contributed by atoms with E-state index >= 15 is 0 Å². The van der Waals surface area contributed by atoms with Gasteiger partial charge in [0.25, 0.3) is 11.5 Å². The van der Waals surface area contributed by atoms with Crippen LogP contribution in [0.2, 0.25) is 0 Å². The molecule has 19 heavy (non-hydrogen) atoms. The number of hydrogen-bond acceptors (Lipinski definition) is 5. The molecule has 0 unspecified atom stereocenters. The summed E-state index contributed by atoms with van der Waals surface area (Å²) in [7, 11) is 0. The van der Waals surface area contributed by atoms with E-state index in [9.17, 15) is 9.59 Å². The monoisotopic (exact) mass is 282 g/mol. The molecule has 1 aliphatic rings. The van der Waals surface area contributed by atoms with Crippen LogP contribution in [0.1, 0.15) is 24.2 Å². The number of aromatic nitrogens is 2. The van der Waals surface area contributed by atoms with Gasteiger partial charge in [-0.2, -0.15) is 0 Å². The molecule has 7 heteroatoms. The molecule has 2 rings (SSSR count). The number of nitrogens with zero attached hydrogens (tertiary/aromatic N) is 2. The number of carbonyl (C=O) groups excluding carboxylic acids is 1. The summed E-state index contributed by atoms with van der Waals surface area (Å²) in [5.74, 6) is 0.486. The zero-order chi connectivity index (χ0) is 13.8. The highest BCUT2D eigenvalue weighted by atomic mass is 32.2. The molecule has 0 spiro atoms. The Morgan fingerprint density at radius 3 is 3.16 bits per heavy atom. The van der Waals surface area contributed by atoms with E-state index < -0.39 is 0 Å². The molecular formula is C12H18N4O2S. The van der Waals surface area contributed by atoms with Crippen LogP contribution in [0.25, 0.3) is 0 Å². The fourth-order valence-corrected chi connectivity index (χ4v) is 2.85. The first-order valence-electron chi connectivity index (χ1n) is 6.37. The molecule has 1 aromatic rings. The molecule has 2 heterocycles. The predicted molar refractivity (Wildman–Crippen MR) is 74.7 cm³/mol. The van der Waals surface area contributed by atoms with Gasteiger partial charge in [-0.25, -0.2) is 4.98 Å². The third-order valence-corrected chi connectivity index (χ3v) is 3.89. The van der Waals surface area contributed by atoms with Gasteiger partial charge in [0.2, 0.25) is 0 Å². The van der Waals surface area contributed by atoms with Crippen molar-refractivity contribution in [1.29, 1.82) is 0 Å². The van der Waals surface area contributed by atoms with Gasteiger partial charge in [0.1, 0.15) is 5.56 Å². The van der Waals surface area contributed by atoms with Crippen molar-refractivity contribution >= 4 is 17.7 Å². The first kappa shape index (κ1) is 14.1. The van der Waals surface area contributed by atoms with E-state index in [1.54, 1.807) is 4.57 Å². The summed E-state index contributed by atoms with van der Waals surface area (Å²) in [6, 6.07) is 0.176. The van der Waals surface area contributed by atoms with Gasteiger partial charge in [-0.3, -0.25) is 14.2 Å². The first-order chi connectivity index (χ1) is 9.13. The number of likely N-dealkylation sites (N-methyl/N-ethyl adjacent to an activating group) is 1. The van der Waals surface area contributed by atoms with E-state index in [0.29, 0.717) is 18.2 Å². The van der Waals surface area contributed by atoms with Crippen LogP contribution >= 0.6 is 11.8 Å². The van der Waals surface area contributed by atoms with Crippen molar-refractivity contribution in [3.8, 4) is 0 Å². The number of nitrogens with one attached hydrogen (secondary N) is 2. The lowest BCUT2D eigenvalue weighted by molar-refractivity contribution is 0.0947. The molecule has 0 saturated carbocycles. The van der Waals surface area contributed by atoms with Gasteiger partial charge in [-0.1, -0.05) is 18.7 Å². The van der Waals surface area contributed by atoms with Crippen molar-refractivity contribution in [2.45, 2.75) is 31.6 Å². The quantitative estimate of drug-likeness (QED) is 0.748. The molecular weight excluding hydrogens is 264 g/mol. The van der Waals surface area contributed by atoms with Crippen LogP contribution in [0.15, 0.2) is 16.1 Å². The Hall–Kier alpha value is -1.34. The smallest absolute Gasteiger partial charge is 0.267 e. The Bertz CT molecular complexity index is 529. The highest BCUT2D eigenvalue weighted by Crippen LogP contribution is 2.20. The van der Waals surface area contributed by atoms with E-state index in [2.05, 4.69) is 15.6 Å². The molecule has 6 nitrogen and oxygen atoms in total. The summed E-state index contributed by atoms with van der Waals surface area (Å²) < 4.78 is 1.56. The maximum atomic E-state index is 12.1. The van der Waals surface area contributed by atoms with Crippen molar-refractivity contribution < 1.29 is 4.79 Å². The summed E-state index contributed by atoms with van der Waals surface area (Å²) in [5.41, 5.74) is -0.126. The zero-order valence-electron chi connectivity index (χ0n) is 11.1. The number of fused-ring (bicyclic) bond motifs is 1. The largest absolute Gasteiger partial charge is 0.350 e. The average Bonchev–Trinajstić information content (AvgIpc) is 2.86. The average molecular weight is 282 g/mol. The number of carbonyl (C=O) groups is 1. The lowest BCUT2D eigenvalue weighted by Gasteiger charge is -2.13. The molecule has 1 aromatic heterocycles. The molecule has 1 atom stereocenters. The van der Waals surface area contributed by atoms with Crippen molar-refractivity contribution in [1.82, 2.24) is 20.2 Å². The minimum absolute atomic E-state index is 0.120. The summed E-state index contributed by atoms with van der Waals surface area (Å²) >= 11 is 1.54. The van der Waals surface area contributed by atoms with Crippen LogP contribution in [0, 0.1) is 0 Å². The topological polar surface area (TPSA) is 76.0 Å². The molecule has 0 saturated heterocycles. The number of rotatable bonds is 5. The molecule has 0 aromatic carbocycles. The Balaban J connectivity index is 2.06.